The summed E-state index contributed by atoms with van der Waals surface area (Å²) in [5.41, 5.74) is 12.1. The molecule has 15 heteroatoms. The van der Waals surface area contributed by atoms with Crippen LogP contribution in [0.2, 0.25) is 10.0 Å². The van der Waals surface area contributed by atoms with Gasteiger partial charge in [-0.05, 0) is 97.1 Å². The number of benzene rings is 6. The molecule has 0 radical (unpaired) electrons. The zero-order valence-corrected chi connectivity index (χ0v) is 40.7. The molecule has 2 saturated heterocycles. The Morgan fingerprint density at radius 3 is 1.27 bits per heavy atom. The number of pyridine rings is 2. The molecule has 2 N–H and O–H groups in total. The molecule has 5 aromatic heterocycles. The van der Waals surface area contributed by atoms with E-state index in [2.05, 4.69) is 29.7 Å². The molecule has 7 heterocycles. The van der Waals surface area contributed by atoms with E-state index < -0.39 is 0 Å². The lowest BCUT2D eigenvalue weighted by atomic mass is 10.1. The first kappa shape index (κ1) is 44.4. The number of hydrogen-bond donors (Lipinski definition) is 2. The maximum atomic E-state index is 13.7. The van der Waals surface area contributed by atoms with E-state index in [1.165, 1.54) is 0 Å². The van der Waals surface area contributed by atoms with Gasteiger partial charge in [0.15, 0.2) is 0 Å². The van der Waals surface area contributed by atoms with Gasteiger partial charge in [-0.25, -0.2) is 9.97 Å². The number of hydrogen-bond acceptors (Lipinski definition) is 9. The lowest BCUT2D eigenvalue weighted by Gasteiger charge is -2.36. The van der Waals surface area contributed by atoms with E-state index in [0.29, 0.717) is 47.4 Å². The van der Waals surface area contributed by atoms with E-state index in [4.69, 9.17) is 37.6 Å². The topological polar surface area (TPSA) is 143 Å². The van der Waals surface area contributed by atoms with Crippen LogP contribution >= 0.6 is 23.2 Å². The highest BCUT2D eigenvalue weighted by atomic mass is 35.5. The number of piperazine rings is 2. The molecule has 11 aromatic rings. The fourth-order valence-electron chi connectivity index (χ4n) is 10.2. The summed E-state index contributed by atoms with van der Waals surface area (Å²) in [6.07, 6.45) is 3.62. The number of furan rings is 1. The second-order valence-corrected chi connectivity index (χ2v) is 19.4. The van der Waals surface area contributed by atoms with Gasteiger partial charge in [-0.3, -0.25) is 19.6 Å². The van der Waals surface area contributed by atoms with Crippen molar-refractivity contribution in [2.24, 2.45) is 0 Å². The van der Waals surface area contributed by atoms with E-state index in [9.17, 15) is 9.59 Å². The lowest BCUT2D eigenvalue weighted by molar-refractivity contribution is 0.0739. The Balaban J connectivity index is 0.634. The molecule has 358 valence electrons. The summed E-state index contributed by atoms with van der Waals surface area (Å²) in [5, 5.41) is 3.42. The minimum Gasteiger partial charge on any atom is -0.456 e. The number of aromatic amines is 2. The van der Waals surface area contributed by atoms with E-state index in [-0.39, 0.29) is 11.8 Å². The highest BCUT2D eigenvalue weighted by Crippen LogP contribution is 2.34. The Kier molecular flexibility index (Phi) is 11.1. The number of imidazole rings is 2. The first-order chi connectivity index (χ1) is 35.7. The lowest BCUT2D eigenvalue weighted by Crippen LogP contribution is -2.48. The van der Waals surface area contributed by atoms with Gasteiger partial charge in [-0.15, -0.1) is 0 Å². The summed E-state index contributed by atoms with van der Waals surface area (Å²) in [5.74, 6) is 2.94. The molecule has 0 aliphatic carbocycles. The first-order valence-electron chi connectivity index (χ1n) is 24.2. The molecular formula is C58H44Cl2N10O3. The Morgan fingerprint density at radius 1 is 0.438 bits per heavy atom. The van der Waals surface area contributed by atoms with E-state index in [1.807, 2.05) is 168 Å². The number of nitrogens with zero attached hydrogens (tertiary/aromatic N) is 8. The van der Waals surface area contributed by atoms with Crippen molar-refractivity contribution in [3.8, 4) is 45.4 Å². The van der Waals surface area contributed by atoms with Crippen LogP contribution in [-0.4, -0.2) is 104 Å². The van der Waals surface area contributed by atoms with Gasteiger partial charge in [0.2, 0.25) is 0 Å². The average Bonchev–Trinajstić information content (AvgIpc) is 4.22. The summed E-state index contributed by atoms with van der Waals surface area (Å²) in [4.78, 5) is 61.5. The summed E-state index contributed by atoms with van der Waals surface area (Å²) < 4.78 is 6.37. The molecule has 2 amide bonds. The van der Waals surface area contributed by atoms with Gasteiger partial charge in [-0.1, -0.05) is 71.7 Å². The van der Waals surface area contributed by atoms with Crippen LogP contribution in [0, 0.1) is 0 Å². The number of halogens is 2. The van der Waals surface area contributed by atoms with Gasteiger partial charge in [0.1, 0.15) is 23.2 Å². The van der Waals surface area contributed by atoms with Crippen LogP contribution in [0.25, 0.3) is 89.3 Å². The molecule has 2 aliphatic rings. The van der Waals surface area contributed by atoms with Gasteiger partial charge in [-0.2, -0.15) is 0 Å². The molecule has 2 aliphatic heterocycles. The predicted molar refractivity (Wildman–Crippen MR) is 289 cm³/mol. The number of carbonyl (C=O) groups excluding carboxylic acids is 2. The first-order valence-corrected chi connectivity index (χ1v) is 25.0. The maximum absolute atomic E-state index is 13.7. The minimum absolute atomic E-state index is 0.00298. The Bertz CT molecular complexity index is 3670. The van der Waals surface area contributed by atoms with Crippen LogP contribution in [-0.2, 0) is 0 Å². The summed E-state index contributed by atoms with van der Waals surface area (Å²) in [6.45, 7) is 5.32. The number of anilines is 2. The molecule has 6 aromatic carbocycles. The van der Waals surface area contributed by atoms with Gasteiger partial charge < -0.3 is 34.0 Å². The third kappa shape index (κ3) is 8.45. The third-order valence-electron chi connectivity index (χ3n) is 14.1. The SMILES string of the molecule is O=C(c1ccc2nc(-c3ccc(-c4ccc(-c5ccc(-c6nc7ccc(C(=O)N8CCN(c9ccnc%10cc(Cl)ccc9%10)CC8)cc7[nH]6)cc5)o4)cc3)[nH]c2c1)N1CCN(c2ccnc3cc(Cl)ccc23)CC1. The summed E-state index contributed by atoms with van der Waals surface area (Å²) in [6, 6.07) is 47.1. The van der Waals surface area contributed by atoms with E-state index in [1.54, 1.807) is 0 Å². The number of fused-ring (bicyclic) bond motifs is 4. The van der Waals surface area contributed by atoms with Crippen LogP contribution in [0.5, 0.6) is 0 Å². The second kappa shape index (κ2) is 18.3. The highest BCUT2D eigenvalue weighted by Gasteiger charge is 2.26. The monoisotopic (exact) mass is 998 g/mol. The molecule has 13 rings (SSSR count). The molecule has 0 atom stereocenters. The third-order valence-corrected chi connectivity index (χ3v) is 14.6. The van der Waals surface area contributed by atoms with Crippen molar-refractivity contribution in [2.75, 3.05) is 62.2 Å². The molecule has 13 nitrogen and oxygen atoms in total. The molecule has 0 unspecified atom stereocenters. The number of nitrogens with one attached hydrogen (secondary N) is 2. The number of H-pyrrole nitrogens is 2. The van der Waals surface area contributed by atoms with Crippen molar-refractivity contribution < 1.29 is 14.0 Å². The van der Waals surface area contributed by atoms with Crippen molar-refractivity contribution in [2.45, 2.75) is 0 Å². The molecule has 0 bridgehead atoms. The highest BCUT2D eigenvalue weighted by molar-refractivity contribution is 6.31. The van der Waals surface area contributed by atoms with Crippen LogP contribution in [0.4, 0.5) is 11.4 Å². The normalized spacial score (nSPS) is 14.3. The van der Waals surface area contributed by atoms with Crippen molar-refractivity contribution in [1.82, 2.24) is 39.7 Å². The van der Waals surface area contributed by atoms with Crippen LogP contribution in [0.1, 0.15) is 20.7 Å². The van der Waals surface area contributed by atoms with Gasteiger partial charge in [0.25, 0.3) is 11.8 Å². The molecular weight excluding hydrogens is 956 g/mol. The largest absolute Gasteiger partial charge is 0.456 e. The van der Waals surface area contributed by atoms with Crippen molar-refractivity contribution >= 4 is 90.3 Å². The predicted octanol–water partition coefficient (Wildman–Crippen LogP) is 12.0. The van der Waals surface area contributed by atoms with E-state index in [0.717, 1.165) is 127 Å². The summed E-state index contributed by atoms with van der Waals surface area (Å²) in [7, 11) is 0. The number of rotatable bonds is 8. The van der Waals surface area contributed by atoms with Crippen molar-refractivity contribution in [1.29, 1.82) is 0 Å². The maximum Gasteiger partial charge on any atom is 0.254 e. The van der Waals surface area contributed by atoms with Crippen molar-refractivity contribution in [3.05, 3.63) is 179 Å². The number of aromatic nitrogens is 6. The quantitative estimate of drug-likeness (QED) is 0.152. The Morgan fingerprint density at radius 2 is 0.849 bits per heavy atom. The summed E-state index contributed by atoms with van der Waals surface area (Å²) >= 11 is 12.4. The zero-order valence-electron chi connectivity index (χ0n) is 39.2. The molecule has 2 fully saturated rings. The van der Waals surface area contributed by atoms with Gasteiger partial charge in [0, 0.05) is 130 Å². The second-order valence-electron chi connectivity index (χ2n) is 18.5. The number of carbonyl (C=O) groups is 2. The molecule has 0 spiro atoms. The Labute approximate surface area is 428 Å². The minimum atomic E-state index is 0.00298. The van der Waals surface area contributed by atoms with Crippen LogP contribution < -0.4 is 9.80 Å². The van der Waals surface area contributed by atoms with Crippen LogP contribution in [0.3, 0.4) is 0 Å². The average molecular weight is 1000 g/mol. The molecule has 0 saturated carbocycles. The fraction of sp³-hybridized carbons (Fsp3) is 0.138. The standard InChI is InChI=1S/C58H44Cl2N10O3/c59-41-11-13-43-47(33-41)61-21-19-51(43)67-23-27-69(28-24-67)57(71)39-9-15-45-49(31-39)65-55(63-45)37-5-1-35(2-6-37)53-17-18-54(73-53)36-3-7-38(8-4-36)56-64-46-16-10-40(32-50(46)66-56)58(72)70-29-25-68(26-30-70)52-20-22-62-48-34-42(60)12-14-44(48)52/h1-22,31-34H,23-30H2,(H,63,65)(H,64,66). The van der Waals surface area contributed by atoms with Gasteiger partial charge >= 0.3 is 0 Å². The van der Waals surface area contributed by atoms with E-state index >= 15 is 0 Å². The fourth-order valence-corrected chi connectivity index (χ4v) is 10.6. The Hall–Kier alpha value is -8.52. The smallest absolute Gasteiger partial charge is 0.254 e. The zero-order chi connectivity index (χ0) is 49.2. The van der Waals surface area contributed by atoms with Gasteiger partial charge in [0.05, 0.1) is 33.1 Å². The molecule has 73 heavy (non-hydrogen) atoms. The van der Waals surface area contributed by atoms with Crippen LogP contribution in [0.15, 0.2) is 162 Å². The number of amides is 2. The van der Waals surface area contributed by atoms with Crippen molar-refractivity contribution in [3.63, 3.8) is 0 Å².